The van der Waals surface area contributed by atoms with E-state index in [9.17, 15) is 4.79 Å². The lowest BCUT2D eigenvalue weighted by Gasteiger charge is -2.34. The van der Waals surface area contributed by atoms with Crippen molar-refractivity contribution in [3.63, 3.8) is 0 Å². The van der Waals surface area contributed by atoms with E-state index in [1.54, 1.807) is 11.3 Å². The molecule has 23 heavy (non-hydrogen) atoms. The largest absolute Gasteiger partial charge is 0.355 e. The molecular formula is C18H24N2OS2. The van der Waals surface area contributed by atoms with Crippen LogP contribution >= 0.6 is 22.7 Å². The smallest absolute Gasteiger partial charge is 0.234 e. The first kappa shape index (κ1) is 16.7. The molecule has 0 bridgehead atoms. The molecule has 2 aromatic heterocycles. The first-order valence-corrected chi connectivity index (χ1v) is 10.2. The summed E-state index contributed by atoms with van der Waals surface area (Å²) in [7, 11) is 0. The zero-order valence-corrected chi connectivity index (χ0v) is 15.2. The number of carbonyl (C=O) groups excluding carboxylic acids is 1. The third-order valence-corrected chi connectivity index (χ3v) is 6.25. The average Bonchev–Trinajstić information content (AvgIpc) is 3.22. The van der Waals surface area contributed by atoms with E-state index >= 15 is 0 Å². The fourth-order valence-electron chi connectivity index (χ4n) is 3.16. The zero-order valence-electron chi connectivity index (χ0n) is 13.6. The molecule has 0 aromatic carbocycles. The fourth-order valence-corrected chi connectivity index (χ4v) is 4.94. The molecule has 3 nitrogen and oxygen atoms in total. The molecular weight excluding hydrogens is 324 g/mol. The predicted molar refractivity (Wildman–Crippen MR) is 98.3 cm³/mol. The number of nitrogens with one attached hydrogen (secondary N) is 1. The average molecular weight is 349 g/mol. The molecule has 124 valence electrons. The monoisotopic (exact) mass is 348 g/mol. The van der Waals surface area contributed by atoms with Crippen molar-refractivity contribution >= 4 is 28.6 Å². The standard InChI is InChI=1S/C18H24N2OS2/c1-2-3-4-9-19-17(21)13-20-10-7-15-14(8-12-23-15)18(20)16-6-5-11-22-16/h5-6,8,11-12,18H,2-4,7,9-10,13H2,1H3,(H,19,21)/t18-/m1/s1. The third-order valence-electron chi connectivity index (χ3n) is 4.33. The summed E-state index contributed by atoms with van der Waals surface area (Å²) in [5, 5.41) is 7.38. The summed E-state index contributed by atoms with van der Waals surface area (Å²) in [5.41, 5.74) is 1.39. The Morgan fingerprint density at radius 1 is 1.30 bits per heavy atom. The van der Waals surface area contributed by atoms with E-state index in [0.717, 1.165) is 25.9 Å². The molecule has 1 aliphatic rings. The van der Waals surface area contributed by atoms with E-state index in [-0.39, 0.29) is 11.9 Å². The zero-order chi connectivity index (χ0) is 16.1. The van der Waals surface area contributed by atoms with Crippen molar-refractivity contribution in [2.24, 2.45) is 0 Å². The Labute approximate surface area is 146 Å². The summed E-state index contributed by atoms with van der Waals surface area (Å²) in [5.74, 6) is 0.154. The number of amides is 1. The molecule has 1 atom stereocenters. The van der Waals surface area contributed by atoms with E-state index in [1.807, 2.05) is 11.3 Å². The third kappa shape index (κ3) is 4.03. The van der Waals surface area contributed by atoms with E-state index in [0.29, 0.717) is 6.54 Å². The number of rotatable bonds is 7. The molecule has 0 unspecified atom stereocenters. The molecule has 3 rings (SSSR count). The van der Waals surface area contributed by atoms with E-state index < -0.39 is 0 Å². The quantitative estimate of drug-likeness (QED) is 0.765. The van der Waals surface area contributed by atoms with Crippen LogP contribution in [0.2, 0.25) is 0 Å². The Hall–Kier alpha value is -1.17. The number of nitrogens with zero attached hydrogens (tertiary/aromatic N) is 1. The minimum atomic E-state index is 0.154. The van der Waals surface area contributed by atoms with Crippen LogP contribution in [0.1, 0.15) is 47.5 Å². The molecule has 2 aromatic rings. The fraction of sp³-hybridized carbons (Fsp3) is 0.500. The lowest BCUT2D eigenvalue weighted by Crippen LogP contribution is -2.42. The van der Waals surface area contributed by atoms with Crippen molar-refractivity contribution in [1.29, 1.82) is 0 Å². The van der Waals surface area contributed by atoms with Crippen molar-refractivity contribution in [2.45, 2.75) is 38.6 Å². The van der Waals surface area contributed by atoms with E-state index in [2.05, 4.69) is 46.1 Å². The summed E-state index contributed by atoms with van der Waals surface area (Å²) in [6.07, 6.45) is 4.49. The maximum absolute atomic E-state index is 12.3. The highest BCUT2D eigenvalue weighted by Crippen LogP contribution is 2.39. The number of hydrogen-bond acceptors (Lipinski definition) is 4. The van der Waals surface area contributed by atoms with Crippen LogP contribution in [0.25, 0.3) is 0 Å². The minimum absolute atomic E-state index is 0.154. The number of carbonyl (C=O) groups is 1. The van der Waals surface area contributed by atoms with Gasteiger partial charge >= 0.3 is 0 Å². The maximum Gasteiger partial charge on any atom is 0.234 e. The van der Waals surface area contributed by atoms with Crippen LogP contribution in [0.3, 0.4) is 0 Å². The first-order chi connectivity index (χ1) is 11.3. The van der Waals surface area contributed by atoms with Crippen LogP contribution in [0, 0.1) is 0 Å². The summed E-state index contributed by atoms with van der Waals surface area (Å²) in [4.78, 5) is 17.4. The van der Waals surface area contributed by atoms with Gasteiger partial charge in [0.2, 0.25) is 5.91 Å². The van der Waals surface area contributed by atoms with Gasteiger partial charge in [0.15, 0.2) is 0 Å². The second-order valence-corrected chi connectivity index (χ2v) is 7.97. The number of unbranched alkanes of at least 4 members (excludes halogenated alkanes) is 2. The molecule has 1 N–H and O–H groups in total. The predicted octanol–water partition coefficient (Wildman–Crippen LogP) is 4.06. The van der Waals surface area contributed by atoms with Crippen LogP contribution in [0.5, 0.6) is 0 Å². The topological polar surface area (TPSA) is 32.3 Å². The van der Waals surface area contributed by atoms with Gasteiger partial charge in [-0.1, -0.05) is 25.8 Å². The highest BCUT2D eigenvalue weighted by Gasteiger charge is 2.31. The van der Waals surface area contributed by atoms with Gasteiger partial charge in [0.25, 0.3) is 0 Å². The lowest BCUT2D eigenvalue weighted by atomic mass is 9.98. The second-order valence-electron chi connectivity index (χ2n) is 5.99. The number of thiophene rings is 2. The highest BCUT2D eigenvalue weighted by atomic mass is 32.1. The summed E-state index contributed by atoms with van der Waals surface area (Å²) < 4.78 is 0. The van der Waals surface area contributed by atoms with Crippen molar-refractivity contribution < 1.29 is 4.79 Å². The molecule has 0 aliphatic carbocycles. The van der Waals surface area contributed by atoms with Gasteiger partial charge in [0.1, 0.15) is 0 Å². The van der Waals surface area contributed by atoms with Gasteiger partial charge in [0.05, 0.1) is 12.6 Å². The van der Waals surface area contributed by atoms with Crippen molar-refractivity contribution in [3.8, 4) is 0 Å². The van der Waals surface area contributed by atoms with Crippen LogP contribution in [0.15, 0.2) is 29.0 Å². The molecule has 5 heteroatoms. The number of fused-ring (bicyclic) bond motifs is 1. The SMILES string of the molecule is CCCCCNC(=O)CN1CCc2sccc2[C@@H]1c1cccs1. The van der Waals surface area contributed by atoms with Gasteiger partial charge in [-0.05, 0) is 41.3 Å². The molecule has 0 fully saturated rings. The molecule has 1 aliphatic heterocycles. The van der Waals surface area contributed by atoms with Crippen LogP contribution in [-0.4, -0.2) is 30.4 Å². The Bertz CT molecular complexity index is 621. The first-order valence-electron chi connectivity index (χ1n) is 8.40. The van der Waals surface area contributed by atoms with Gasteiger partial charge in [-0.2, -0.15) is 0 Å². The van der Waals surface area contributed by atoms with Gasteiger partial charge in [-0.3, -0.25) is 9.69 Å². The summed E-state index contributed by atoms with van der Waals surface area (Å²) >= 11 is 3.63. The summed E-state index contributed by atoms with van der Waals surface area (Å²) in [6, 6.07) is 6.76. The van der Waals surface area contributed by atoms with Crippen molar-refractivity contribution in [3.05, 3.63) is 44.3 Å². The van der Waals surface area contributed by atoms with Crippen LogP contribution in [0.4, 0.5) is 0 Å². The van der Waals surface area contributed by atoms with Gasteiger partial charge in [-0.15, -0.1) is 22.7 Å². The maximum atomic E-state index is 12.3. The highest BCUT2D eigenvalue weighted by molar-refractivity contribution is 7.10. The van der Waals surface area contributed by atoms with Crippen LogP contribution < -0.4 is 5.32 Å². The van der Waals surface area contributed by atoms with E-state index in [4.69, 9.17) is 0 Å². The normalized spacial score (nSPS) is 17.9. The Morgan fingerprint density at radius 2 is 2.22 bits per heavy atom. The summed E-state index contributed by atoms with van der Waals surface area (Å²) in [6.45, 7) is 4.43. The Balaban J connectivity index is 1.67. The van der Waals surface area contributed by atoms with Gasteiger partial charge in [0, 0.05) is 22.8 Å². The molecule has 0 saturated heterocycles. The minimum Gasteiger partial charge on any atom is -0.355 e. The van der Waals surface area contributed by atoms with Gasteiger partial charge < -0.3 is 5.32 Å². The lowest BCUT2D eigenvalue weighted by molar-refractivity contribution is -0.122. The second kappa shape index (κ2) is 8.08. The van der Waals surface area contributed by atoms with Gasteiger partial charge in [-0.25, -0.2) is 0 Å². The Kier molecular flexibility index (Phi) is 5.86. The molecule has 1 amide bonds. The molecule has 3 heterocycles. The van der Waals surface area contributed by atoms with Crippen molar-refractivity contribution in [1.82, 2.24) is 10.2 Å². The molecule has 0 radical (unpaired) electrons. The van der Waals surface area contributed by atoms with Crippen molar-refractivity contribution in [2.75, 3.05) is 19.6 Å². The van der Waals surface area contributed by atoms with Crippen LogP contribution in [-0.2, 0) is 11.2 Å². The number of hydrogen-bond donors (Lipinski definition) is 1. The molecule has 0 spiro atoms. The van der Waals surface area contributed by atoms with E-state index in [1.165, 1.54) is 28.2 Å². The molecule has 0 saturated carbocycles. The Morgan fingerprint density at radius 3 is 3.00 bits per heavy atom.